The molecule has 0 radical (unpaired) electrons. The van der Waals surface area contributed by atoms with Gasteiger partial charge in [0.15, 0.2) is 0 Å². The number of nitrogens with one attached hydrogen (secondary N) is 1. The van der Waals surface area contributed by atoms with Crippen LogP contribution in [0.25, 0.3) is 0 Å². The van der Waals surface area contributed by atoms with Crippen molar-refractivity contribution in [2.45, 2.75) is 63.2 Å². The summed E-state index contributed by atoms with van der Waals surface area (Å²) in [7, 11) is 4.37. The summed E-state index contributed by atoms with van der Waals surface area (Å²) in [5.41, 5.74) is 0.377. The molecule has 3 fully saturated rings. The predicted octanol–water partition coefficient (Wildman–Crippen LogP) is 1.98. The third kappa shape index (κ3) is 3.62. The van der Waals surface area contributed by atoms with Gasteiger partial charge in [-0.05, 0) is 59.5 Å². The van der Waals surface area contributed by atoms with Crippen LogP contribution in [0.4, 0.5) is 0 Å². The number of hydrogen-bond donors (Lipinski definition) is 1. The number of ether oxygens (including phenoxy) is 1. The Kier molecular flexibility index (Phi) is 6.11. The maximum Gasteiger partial charge on any atom is 0.312 e. The van der Waals surface area contributed by atoms with Crippen molar-refractivity contribution in [3.8, 4) is 0 Å². The van der Waals surface area contributed by atoms with E-state index in [1.54, 1.807) is 0 Å². The lowest BCUT2D eigenvalue weighted by Crippen LogP contribution is -2.65. The first kappa shape index (κ1) is 18.5. The summed E-state index contributed by atoms with van der Waals surface area (Å²) in [6.07, 6.45) is 4.95. The summed E-state index contributed by atoms with van der Waals surface area (Å²) in [6, 6.07) is 1.22. The van der Waals surface area contributed by atoms with Gasteiger partial charge in [-0.3, -0.25) is 15.0 Å². The number of hydrogen-bond acceptors (Lipinski definition) is 6. The Labute approximate surface area is 150 Å². The molecule has 3 rings (SSSR count). The molecule has 2 heterocycles. The highest BCUT2D eigenvalue weighted by Crippen LogP contribution is 2.41. The molecule has 2 aliphatic heterocycles. The average Bonchev–Trinajstić information content (AvgIpc) is 3.01. The third-order valence-corrected chi connectivity index (χ3v) is 7.28. The molecular formula is C18H33N3O2S. The molecule has 1 saturated carbocycles. The molecule has 0 aromatic heterocycles. The third-order valence-electron chi connectivity index (χ3n) is 6.13. The van der Waals surface area contributed by atoms with Crippen molar-refractivity contribution in [3.05, 3.63) is 0 Å². The first-order chi connectivity index (χ1) is 11.5. The van der Waals surface area contributed by atoms with Crippen LogP contribution in [-0.2, 0) is 9.53 Å². The van der Waals surface area contributed by atoms with E-state index in [9.17, 15) is 4.79 Å². The SMILES string of the molecule is CCOC(=O)C1C(C)NC2SCCN2C1C1CCC(N(C)C)CC1. The minimum absolute atomic E-state index is 0.00687. The smallest absolute Gasteiger partial charge is 0.312 e. The van der Waals surface area contributed by atoms with Crippen molar-refractivity contribution in [2.75, 3.05) is 33.0 Å². The summed E-state index contributed by atoms with van der Waals surface area (Å²) >= 11 is 1.98. The second kappa shape index (κ2) is 7.94. The lowest BCUT2D eigenvalue weighted by atomic mass is 9.73. The minimum Gasteiger partial charge on any atom is -0.466 e. The number of fused-ring (bicyclic) bond motifs is 1. The van der Waals surface area contributed by atoms with Crippen molar-refractivity contribution >= 4 is 17.7 Å². The zero-order valence-electron chi connectivity index (χ0n) is 15.5. The molecule has 0 spiro atoms. The maximum absolute atomic E-state index is 12.7. The first-order valence-electron chi connectivity index (χ1n) is 9.49. The second-order valence-electron chi connectivity index (χ2n) is 7.72. The van der Waals surface area contributed by atoms with E-state index in [1.165, 1.54) is 25.7 Å². The Morgan fingerprint density at radius 2 is 2.00 bits per heavy atom. The highest BCUT2D eigenvalue weighted by Gasteiger charge is 2.50. The monoisotopic (exact) mass is 355 g/mol. The van der Waals surface area contributed by atoms with E-state index in [4.69, 9.17) is 4.74 Å². The Hall–Kier alpha value is -0.300. The number of rotatable bonds is 4. The van der Waals surface area contributed by atoms with E-state index in [2.05, 4.69) is 36.1 Å². The first-order valence-corrected chi connectivity index (χ1v) is 10.5. The topological polar surface area (TPSA) is 44.8 Å². The van der Waals surface area contributed by atoms with Gasteiger partial charge in [0, 0.05) is 30.4 Å². The Balaban J connectivity index is 1.78. The van der Waals surface area contributed by atoms with E-state index in [-0.39, 0.29) is 17.9 Å². The summed E-state index contributed by atoms with van der Waals surface area (Å²) in [5, 5.41) is 3.64. The van der Waals surface area contributed by atoms with Gasteiger partial charge in [0.25, 0.3) is 0 Å². The Morgan fingerprint density at radius 1 is 1.29 bits per heavy atom. The molecule has 0 aromatic rings. The van der Waals surface area contributed by atoms with Crippen molar-refractivity contribution in [1.82, 2.24) is 15.1 Å². The van der Waals surface area contributed by atoms with Crippen LogP contribution >= 0.6 is 11.8 Å². The molecular weight excluding hydrogens is 322 g/mol. The summed E-state index contributed by atoms with van der Waals surface area (Å²) < 4.78 is 5.46. The van der Waals surface area contributed by atoms with E-state index in [0.29, 0.717) is 30.1 Å². The highest BCUT2D eigenvalue weighted by atomic mass is 32.2. The van der Waals surface area contributed by atoms with Crippen LogP contribution in [0.3, 0.4) is 0 Å². The molecule has 6 heteroatoms. The Morgan fingerprint density at radius 3 is 2.62 bits per heavy atom. The molecule has 0 amide bonds. The molecule has 24 heavy (non-hydrogen) atoms. The fourth-order valence-corrected chi connectivity index (χ4v) is 6.16. The largest absolute Gasteiger partial charge is 0.466 e. The molecule has 4 atom stereocenters. The molecule has 1 aliphatic carbocycles. The lowest BCUT2D eigenvalue weighted by Gasteiger charge is -2.50. The van der Waals surface area contributed by atoms with Crippen LogP contribution < -0.4 is 5.32 Å². The van der Waals surface area contributed by atoms with Crippen LogP contribution in [0, 0.1) is 11.8 Å². The minimum atomic E-state index is -0.0409. The quantitative estimate of drug-likeness (QED) is 0.778. The van der Waals surface area contributed by atoms with Gasteiger partial charge in [0.1, 0.15) is 5.50 Å². The molecule has 5 nitrogen and oxygen atoms in total. The molecule has 0 bridgehead atoms. The van der Waals surface area contributed by atoms with Gasteiger partial charge >= 0.3 is 5.97 Å². The normalized spacial score (nSPS) is 40.5. The molecule has 138 valence electrons. The van der Waals surface area contributed by atoms with Gasteiger partial charge in [0.2, 0.25) is 0 Å². The number of thioether (sulfide) groups is 1. The molecule has 3 aliphatic rings. The van der Waals surface area contributed by atoms with E-state index >= 15 is 0 Å². The number of esters is 1. The van der Waals surface area contributed by atoms with Crippen molar-refractivity contribution in [2.24, 2.45) is 11.8 Å². The van der Waals surface area contributed by atoms with E-state index < -0.39 is 0 Å². The molecule has 2 saturated heterocycles. The second-order valence-corrected chi connectivity index (χ2v) is 8.91. The zero-order valence-corrected chi connectivity index (χ0v) is 16.3. The zero-order chi connectivity index (χ0) is 17.3. The van der Waals surface area contributed by atoms with Gasteiger partial charge < -0.3 is 9.64 Å². The maximum atomic E-state index is 12.7. The standard InChI is InChI=1S/C18H33N3O2S/c1-5-23-17(22)15-12(2)19-18-21(10-11-24-18)16(15)13-6-8-14(9-7-13)20(3)4/h12-16,18-19H,5-11H2,1-4H3. The van der Waals surface area contributed by atoms with Crippen LogP contribution in [0.1, 0.15) is 39.5 Å². The van der Waals surface area contributed by atoms with Gasteiger partial charge in [0.05, 0.1) is 12.5 Å². The van der Waals surface area contributed by atoms with E-state index in [0.717, 1.165) is 12.3 Å². The lowest BCUT2D eigenvalue weighted by molar-refractivity contribution is -0.156. The van der Waals surface area contributed by atoms with Crippen LogP contribution in [0.2, 0.25) is 0 Å². The summed E-state index contributed by atoms with van der Waals surface area (Å²) in [5.74, 6) is 1.72. The fraction of sp³-hybridized carbons (Fsp3) is 0.944. The van der Waals surface area contributed by atoms with Crippen LogP contribution in [0.5, 0.6) is 0 Å². The fourth-order valence-electron chi connectivity index (χ4n) is 4.87. The van der Waals surface area contributed by atoms with Crippen LogP contribution in [-0.4, -0.2) is 72.4 Å². The van der Waals surface area contributed by atoms with Crippen LogP contribution in [0.15, 0.2) is 0 Å². The van der Waals surface area contributed by atoms with Gasteiger partial charge in [-0.1, -0.05) is 0 Å². The molecule has 0 aromatic carbocycles. The van der Waals surface area contributed by atoms with Gasteiger partial charge in [-0.25, -0.2) is 0 Å². The van der Waals surface area contributed by atoms with Gasteiger partial charge in [-0.15, -0.1) is 11.8 Å². The average molecular weight is 356 g/mol. The van der Waals surface area contributed by atoms with Gasteiger partial charge in [-0.2, -0.15) is 0 Å². The predicted molar refractivity (Wildman–Crippen MR) is 98.9 cm³/mol. The van der Waals surface area contributed by atoms with E-state index in [1.807, 2.05) is 18.7 Å². The Bertz CT molecular complexity index is 440. The van der Waals surface area contributed by atoms with Crippen molar-refractivity contribution in [1.29, 1.82) is 0 Å². The number of carbonyl (C=O) groups excluding carboxylic acids is 1. The molecule has 4 unspecified atom stereocenters. The summed E-state index contributed by atoms with van der Waals surface area (Å²) in [6.45, 7) is 5.63. The van der Waals surface area contributed by atoms with Crippen molar-refractivity contribution < 1.29 is 9.53 Å². The number of nitrogens with zero attached hydrogens (tertiary/aromatic N) is 2. The number of carbonyl (C=O) groups is 1. The highest BCUT2D eigenvalue weighted by molar-refractivity contribution is 8.00. The summed E-state index contributed by atoms with van der Waals surface area (Å²) in [4.78, 5) is 17.6. The van der Waals surface area contributed by atoms with Crippen molar-refractivity contribution in [3.63, 3.8) is 0 Å². The molecule has 1 N–H and O–H groups in total.